The molecule has 0 spiro atoms. The van der Waals surface area contributed by atoms with E-state index in [0.717, 1.165) is 17.5 Å². The van der Waals surface area contributed by atoms with Crippen LogP contribution >= 0.6 is 0 Å². The third kappa shape index (κ3) is 3.55. The standard InChI is InChI=1S/C24H29NO3S/c1-23(2)21-13-14-24(23,22(26)15-21)18-29(27,28)25(16-19-9-5-3-6-10-19)17-20-11-7-4-8-12-20/h3-12,21H,13-18H2,1-2H3/t21-,24+/m1/s1. The Balaban J connectivity index is 1.66. The Hall–Kier alpha value is -1.98. The van der Waals surface area contributed by atoms with Gasteiger partial charge in [0.25, 0.3) is 0 Å². The minimum atomic E-state index is -3.64. The average molecular weight is 412 g/mol. The minimum Gasteiger partial charge on any atom is -0.299 e. The Labute approximate surface area is 174 Å². The molecule has 0 amide bonds. The highest BCUT2D eigenvalue weighted by atomic mass is 32.2. The van der Waals surface area contributed by atoms with Gasteiger partial charge in [0.15, 0.2) is 0 Å². The first-order valence-electron chi connectivity index (χ1n) is 10.3. The fraction of sp³-hybridized carbons (Fsp3) is 0.458. The highest BCUT2D eigenvalue weighted by Crippen LogP contribution is 2.64. The molecule has 2 aliphatic rings. The van der Waals surface area contributed by atoms with Crippen LogP contribution in [0, 0.1) is 16.7 Å². The van der Waals surface area contributed by atoms with E-state index in [-0.39, 0.29) is 17.0 Å². The molecule has 2 saturated carbocycles. The molecular formula is C24H29NO3S. The van der Waals surface area contributed by atoms with E-state index >= 15 is 0 Å². The van der Waals surface area contributed by atoms with Crippen LogP contribution in [0.5, 0.6) is 0 Å². The van der Waals surface area contributed by atoms with Crippen LogP contribution in [0.4, 0.5) is 0 Å². The van der Waals surface area contributed by atoms with Crippen LogP contribution in [0.25, 0.3) is 0 Å². The largest absolute Gasteiger partial charge is 0.299 e. The molecule has 4 nitrogen and oxygen atoms in total. The number of nitrogens with zero attached hydrogens (tertiary/aromatic N) is 1. The summed E-state index contributed by atoms with van der Waals surface area (Å²) >= 11 is 0. The second-order valence-electron chi connectivity index (χ2n) is 9.16. The van der Waals surface area contributed by atoms with Crippen LogP contribution < -0.4 is 0 Å². The number of fused-ring (bicyclic) bond motifs is 2. The van der Waals surface area contributed by atoms with Gasteiger partial charge >= 0.3 is 0 Å². The predicted octanol–water partition coefficient (Wildman–Crippen LogP) is 4.41. The predicted molar refractivity (Wildman–Crippen MR) is 114 cm³/mol. The van der Waals surface area contributed by atoms with E-state index in [1.165, 1.54) is 0 Å². The van der Waals surface area contributed by atoms with Crippen molar-refractivity contribution in [3.05, 3.63) is 71.8 Å². The first-order valence-corrected chi connectivity index (χ1v) is 11.9. The highest BCUT2D eigenvalue weighted by molar-refractivity contribution is 7.89. The van der Waals surface area contributed by atoms with Crippen LogP contribution in [0.2, 0.25) is 0 Å². The SMILES string of the molecule is CC1(C)[C@@H]2CC[C@]1(CS(=O)(=O)N(Cc1ccccc1)Cc1ccccc1)C(=O)C2. The van der Waals surface area contributed by atoms with E-state index in [9.17, 15) is 13.2 Å². The van der Waals surface area contributed by atoms with Crippen molar-refractivity contribution < 1.29 is 13.2 Å². The fourth-order valence-corrected chi connectivity index (χ4v) is 7.51. The third-order valence-corrected chi connectivity index (χ3v) is 9.27. The van der Waals surface area contributed by atoms with Gasteiger partial charge < -0.3 is 0 Å². The van der Waals surface area contributed by atoms with Gasteiger partial charge in [0.2, 0.25) is 10.0 Å². The van der Waals surface area contributed by atoms with E-state index in [2.05, 4.69) is 13.8 Å². The first-order chi connectivity index (χ1) is 13.7. The number of hydrogen-bond acceptors (Lipinski definition) is 3. The Morgan fingerprint density at radius 2 is 1.45 bits per heavy atom. The number of sulfonamides is 1. The second kappa shape index (κ2) is 7.37. The van der Waals surface area contributed by atoms with E-state index < -0.39 is 15.4 Å². The van der Waals surface area contributed by atoms with Gasteiger partial charge in [-0.2, -0.15) is 4.31 Å². The van der Waals surface area contributed by atoms with Gasteiger partial charge in [0, 0.05) is 24.9 Å². The lowest BCUT2D eigenvalue weighted by atomic mass is 9.70. The molecule has 2 aromatic carbocycles. The molecule has 0 aromatic heterocycles. The summed E-state index contributed by atoms with van der Waals surface area (Å²) < 4.78 is 28.9. The molecule has 2 atom stereocenters. The third-order valence-electron chi connectivity index (χ3n) is 7.36. The lowest BCUT2D eigenvalue weighted by Gasteiger charge is -2.37. The van der Waals surface area contributed by atoms with Gasteiger partial charge in [-0.25, -0.2) is 8.42 Å². The quantitative estimate of drug-likeness (QED) is 0.678. The van der Waals surface area contributed by atoms with Gasteiger partial charge in [0.05, 0.1) is 5.75 Å². The van der Waals surface area contributed by atoms with Crippen molar-refractivity contribution in [1.82, 2.24) is 4.31 Å². The number of rotatable bonds is 7. The van der Waals surface area contributed by atoms with Gasteiger partial charge in [-0.05, 0) is 35.3 Å². The molecule has 0 saturated heterocycles. The number of carbonyl (C=O) groups excluding carboxylic acids is 1. The summed E-state index contributed by atoms with van der Waals surface area (Å²) in [5.41, 5.74) is 0.890. The summed E-state index contributed by atoms with van der Waals surface area (Å²) in [6, 6.07) is 19.3. The zero-order valence-corrected chi connectivity index (χ0v) is 18.0. The number of benzene rings is 2. The van der Waals surface area contributed by atoms with Gasteiger partial charge in [-0.3, -0.25) is 4.79 Å². The number of hydrogen-bond donors (Lipinski definition) is 0. The molecule has 5 heteroatoms. The van der Waals surface area contributed by atoms with Crippen molar-refractivity contribution >= 4 is 15.8 Å². The molecule has 2 fully saturated rings. The molecule has 2 aromatic rings. The molecule has 2 bridgehead atoms. The summed E-state index contributed by atoms with van der Waals surface area (Å²) in [6.45, 7) is 4.80. The van der Waals surface area contributed by atoms with E-state index in [1.54, 1.807) is 4.31 Å². The van der Waals surface area contributed by atoms with E-state index in [4.69, 9.17) is 0 Å². The highest BCUT2D eigenvalue weighted by Gasteiger charge is 2.65. The lowest BCUT2D eigenvalue weighted by Crippen LogP contribution is -2.46. The maximum absolute atomic E-state index is 13.7. The van der Waals surface area contributed by atoms with Crippen molar-refractivity contribution in [3.63, 3.8) is 0 Å². The molecule has 0 unspecified atom stereocenters. The number of carbonyl (C=O) groups is 1. The van der Waals surface area contributed by atoms with Crippen molar-refractivity contribution in [1.29, 1.82) is 0 Å². The summed E-state index contributed by atoms with van der Waals surface area (Å²) in [7, 11) is -3.64. The fourth-order valence-electron chi connectivity index (χ4n) is 5.34. The minimum absolute atomic E-state index is 0.0813. The Morgan fingerprint density at radius 1 is 0.931 bits per heavy atom. The lowest BCUT2D eigenvalue weighted by molar-refractivity contribution is -0.128. The Bertz CT molecular complexity index is 944. The van der Waals surface area contributed by atoms with Crippen molar-refractivity contribution in [2.75, 3.05) is 5.75 Å². The smallest absolute Gasteiger partial charge is 0.215 e. The molecule has 0 radical (unpaired) electrons. The van der Waals surface area contributed by atoms with E-state index in [1.807, 2.05) is 60.7 Å². The summed E-state index contributed by atoms with van der Waals surface area (Å²) in [5.74, 6) is 0.366. The second-order valence-corrected chi connectivity index (χ2v) is 11.1. The van der Waals surface area contributed by atoms with Crippen molar-refractivity contribution in [3.8, 4) is 0 Å². The zero-order chi connectivity index (χ0) is 20.7. The van der Waals surface area contributed by atoms with Crippen LogP contribution in [0.15, 0.2) is 60.7 Å². The molecule has 2 aliphatic carbocycles. The van der Waals surface area contributed by atoms with E-state index in [0.29, 0.717) is 31.8 Å². The number of Topliss-reactive ketones (excluding diaryl/α,β-unsaturated/α-hetero) is 1. The van der Waals surface area contributed by atoms with Gasteiger partial charge in [0.1, 0.15) is 5.78 Å². The summed E-state index contributed by atoms with van der Waals surface area (Å²) in [6.07, 6.45) is 2.17. The molecule has 4 rings (SSSR count). The molecule has 154 valence electrons. The number of ketones is 1. The topological polar surface area (TPSA) is 54.5 Å². The van der Waals surface area contributed by atoms with Crippen LogP contribution in [-0.2, 0) is 27.9 Å². The molecule has 29 heavy (non-hydrogen) atoms. The molecular weight excluding hydrogens is 382 g/mol. The molecule has 0 heterocycles. The molecule has 0 aliphatic heterocycles. The maximum atomic E-state index is 13.7. The summed E-state index contributed by atoms with van der Waals surface area (Å²) in [5, 5.41) is 0. The van der Waals surface area contributed by atoms with Gasteiger partial charge in [-0.1, -0.05) is 74.5 Å². The Kier molecular flexibility index (Phi) is 5.16. The van der Waals surface area contributed by atoms with Gasteiger partial charge in [-0.15, -0.1) is 0 Å². The van der Waals surface area contributed by atoms with Crippen LogP contribution in [-0.4, -0.2) is 24.3 Å². The van der Waals surface area contributed by atoms with Crippen molar-refractivity contribution in [2.24, 2.45) is 16.7 Å². The average Bonchev–Trinajstić information content (AvgIpc) is 3.03. The normalized spacial score (nSPS) is 25.6. The van der Waals surface area contributed by atoms with Crippen LogP contribution in [0.1, 0.15) is 44.2 Å². The first kappa shape index (κ1) is 20.3. The Morgan fingerprint density at radius 3 is 1.86 bits per heavy atom. The van der Waals surface area contributed by atoms with Crippen LogP contribution in [0.3, 0.4) is 0 Å². The summed E-state index contributed by atoms with van der Waals surface area (Å²) in [4.78, 5) is 12.9. The monoisotopic (exact) mass is 411 g/mol. The maximum Gasteiger partial charge on any atom is 0.215 e. The molecule has 0 N–H and O–H groups in total. The zero-order valence-electron chi connectivity index (χ0n) is 17.2. The van der Waals surface area contributed by atoms with Crippen molar-refractivity contribution in [2.45, 2.75) is 46.2 Å².